The summed E-state index contributed by atoms with van der Waals surface area (Å²) < 4.78 is 0. The number of hydrogen-bond donors (Lipinski definition) is 2. The van der Waals surface area contributed by atoms with Gasteiger partial charge in [0.05, 0.1) is 0 Å². The van der Waals surface area contributed by atoms with Crippen LogP contribution in [0.1, 0.15) is 50.8 Å². The summed E-state index contributed by atoms with van der Waals surface area (Å²) in [4.78, 5) is 36.5. The summed E-state index contributed by atoms with van der Waals surface area (Å²) in [5.41, 5.74) is 8.91. The van der Waals surface area contributed by atoms with Crippen LogP contribution in [0.3, 0.4) is 0 Å². The van der Waals surface area contributed by atoms with Gasteiger partial charge >= 0.3 is 0 Å². The van der Waals surface area contributed by atoms with Crippen LogP contribution in [0.2, 0.25) is 0 Å². The lowest BCUT2D eigenvalue weighted by Gasteiger charge is -2.21. The Balaban J connectivity index is 1.99. The minimum Gasteiger partial charge on any atom is -0.398 e. The Morgan fingerprint density at radius 1 is 1.00 bits per heavy atom. The van der Waals surface area contributed by atoms with Gasteiger partial charge in [-0.15, -0.1) is 0 Å². The molecule has 0 heterocycles. The van der Waals surface area contributed by atoms with Crippen molar-refractivity contribution in [3.63, 3.8) is 0 Å². The van der Waals surface area contributed by atoms with Crippen molar-refractivity contribution in [2.24, 2.45) is 0 Å². The fraction of sp³-hybridized carbons (Fsp3) is 0.211. The summed E-state index contributed by atoms with van der Waals surface area (Å²) in [6.07, 6.45) is 1.17. The Kier molecular flexibility index (Phi) is 4.16. The maximum Gasteiger partial charge on any atom is 0.216 e. The van der Waals surface area contributed by atoms with E-state index in [9.17, 15) is 14.4 Å². The SMILES string of the molecule is CC(=O)NCCCc1c(N)ccc2c1C(=O)c1ccccc1C2=O. The zero-order chi connectivity index (χ0) is 17.3. The summed E-state index contributed by atoms with van der Waals surface area (Å²) in [5, 5.41) is 2.72. The lowest BCUT2D eigenvalue weighted by Crippen LogP contribution is -2.24. The average molecular weight is 322 g/mol. The van der Waals surface area contributed by atoms with E-state index in [0.717, 1.165) is 0 Å². The summed E-state index contributed by atoms with van der Waals surface area (Å²) in [6.45, 7) is 1.95. The molecular weight excluding hydrogens is 304 g/mol. The Hall–Kier alpha value is -2.95. The van der Waals surface area contributed by atoms with Crippen LogP contribution >= 0.6 is 0 Å². The summed E-state index contributed by atoms with van der Waals surface area (Å²) in [6, 6.07) is 10.1. The molecule has 3 N–H and O–H groups in total. The number of anilines is 1. The molecule has 0 fully saturated rings. The van der Waals surface area contributed by atoms with Gasteiger partial charge in [0.15, 0.2) is 11.6 Å². The highest BCUT2D eigenvalue weighted by molar-refractivity contribution is 6.29. The van der Waals surface area contributed by atoms with E-state index in [1.807, 2.05) is 0 Å². The monoisotopic (exact) mass is 322 g/mol. The van der Waals surface area contributed by atoms with E-state index in [0.29, 0.717) is 52.9 Å². The molecule has 0 bridgehead atoms. The Bertz CT molecular complexity index is 856. The van der Waals surface area contributed by atoms with Crippen molar-refractivity contribution in [2.75, 3.05) is 12.3 Å². The number of nitrogen functional groups attached to an aromatic ring is 1. The normalized spacial score (nSPS) is 12.5. The topological polar surface area (TPSA) is 89.3 Å². The first-order chi connectivity index (χ1) is 11.5. The second-order valence-electron chi connectivity index (χ2n) is 5.85. The Morgan fingerprint density at radius 2 is 1.67 bits per heavy atom. The van der Waals surface area contributed by atoms with Crippen molar-refractivity contribution in [3.05, 3.63) is 64.2 Å². The van der Waals surface area contributed by atoms with Gasteiger partial charge in [-0.3, -0.25) is 14.4 Å². The van der Waals surface area contributed by atoms with Crippen LogP contribution in [0.25, 0.3) is 0 Å². The number of carbonyl (C=O) groups is 3. The van der Waals surface area contributed by atoms with Gasteiger partial charge in [-0.2, -0.15) is 0 Å². The molecule has 24 heavy (non-hydrogen) atoms. The van der Waals surface area contributed by atoms with E-state index in [1.165, 1.54) is 6.92 Å². The zero-order valence-electron chi connectivity index (χ0n) is 13.4. The second-order valence-corrected chi connectivity index (χ2v) is 5.85. The molecule has 0 atom stereocenters. The third kappa shape index (κ3) is 2.69. The molecule has 0 aliphatic heterocycles. The van der Waals surface area contributed by atoms with E-state index in [2.05, 4.69) is 5.32 Å². The number of benzene rings is 2. The molecule has 0 radical (unpaired) electrons. The first-order valence-electron chi connectivity index (χ1n) is 7.85. The number of hydrogen-bond acceptors (Lipinski definition) is 4. The first-order valence-corrected chi connectivity index (χ1v) is 7.85. The molecule has 0 unspecified atom stereocenters. The molecule has 1 aliphatic carbocycles. The summed E-state index contributed by atoms with van der Waals surface area (Å²) in [7, 11) is 0. The number of nitrogens with one attached hydrogen (secondary N) is 1. The molecule has 1 amide bonds. The van der Waals surface area contributed by atoms with Crippen molar-refractivity contribution in [1.82, 2.24) is 5.32 Å². The molecule has 122 valence electrons. The molecule has 5 heteroatoms. The number of rotatable bonds is 4. The quantitative estimate of drug-likeness (QED) is 0.569. The van der Waals surface area contributed by atoms with Gasteiger partial charge < -0.3 is 11.1 Å². The van der Waals surface area contributed by atoms with Crippen molar-refractivity contribution in [3.8, 4) is 0 Å². The maximum atomic E-state index is 12.9. The van der Waals surface area contributed by atoms with E-state index in [1.54, 1.807) is 36.4 Å². The molecule has 2 aromatic carbocycles. The highest BCUT2D eigenvalue weighted by atomic mass is 16.1. The minimum atomic E-state index is -0.165. The van der Waals surface area contributed by atoms with E-state index >= 15 is 0 Å². The van der Waals surface area contributed by atoms with Crippen LogP contribution in [0.15, 0.2) is 36.4 Å². The lowest BCUT2D eigenvalue weighted by atomic mass is 9.80. The second kappa shape index (κ2) is 6.28. The number of fused-ring (bicyclic) bond motifs is 2. The van der Waals surface area contributed by atoms with E-state index in [4.69, 9.17) is 5.73 Å². The fourth-order valence-corrected chi connectivity index (χ4v) is 3.07. The van der Waals surface area contributed by atoms with Gasteiger partial charge in [0.2, 0.25) is 5.91 Å². The highest BCUT2D eigenvalue weighted by Gasteiger charge is 2.31. The lowest BCUT2D eigenvalue weighted by molar-refractivity contribution is -0.118. The average Bonchev–Trinajstić information content (AvgIpc) is 2.57. The molecule has 0 saturated heterocycles. The van der Waals surface area contributed by atoms with Gasteiger partial charge in [0.25, 0.3) is 0 Å². The molecule has 0 spiro atoms. The van der Waals surface area contributed by atoms with Gasteiger partial charge in [-0.1, -0.05) is 24.3 Å². The van der Waals surface area contributed by atoms with Crippen LogP contribution < -0.4 is 11.1 Å². The smallest absolute Gasteiger partial charge is 0.216 e. The van der Waals surface area contributed by atoms with Crippen LogP contribution in [0.4, 0.5) is 5.69 Å². The minimum absolute atomic E-state index is 0.0988. The molecule has 1 aliphatic rings. The van der Waals surface area contributed by atoms with E-state index in [-0.39, 0.29) is 17.5 Å². The molecule has 3 rings (SSSR count). The molecule has 0 aromatic heterocycles. The third-order valence-corrected chi connectivity index (χ3v) is 4.21. The van der Waals surface area contributed by atoms with E-state index < -0.39 is 0 Å². The fourth-order valence-electron chi connectivity index (χ4n) is 3.07. The predicted molar refractivity (Wildman–Crippen MR) is 91.2 cm³/mol. The summed E-state index contributed by atoms with van der Waals surface area (Å²) in [5.74, 6) is -0.413. The first kappa shape index (κ1) is 15.9. The van der Waals surface area contributed by atoms with Gasteiger partial charge in [0, 0.05) is 41.4 Å². The number of carbonyl (C=O) groups excluding carboxylic acids is 3. The third-order valence-electron chi connectivity index (χ3n) is 4.21. The van der Waals surface area contributed by atoms with Crippen molar-refractivity contribution in [1.29, 1.82) is 0 Å². The van der Waals surface area contributed by atoms with Crippen LogP contribution in [0, 0.1) is 0 Å². The van der Waals surface area contributed by atoms with Gasteiger partial charge in [-0.25, -0.2) is 0 Å². The maximum absolute atomic E-state index is 12.9. The molecule has 2 aromatic rings. The number of amides is 1. The van der Waals surface area contributed by atoms with Crippen molar-refractivity contribution < 1.29 is 14.4 Å². The molecule has 5 nitrogen and oxygen atoms in total. The van der Waals surface area contributed by atoms with Crippen molar-refractivity contribution in [2.45, 2.75) is 19.8 Å². The van der Waals surface area contributed by atoms with Crippen LogP contribution in [-0.2, 0) is 11.2 Å². The highest BCUT2D eigenvalue weighted by Crippen LogP contribution is 2.32. The Labute approximate surface area is 139 Å². The zero-order valence-corrected chi connectivity index (χ0v) is 13.4. The largest absolute Gasteiger partial charge is 0.398 e. The number of ketones is 2. The standard InChI is InChI=1S/C19H18N2O3/c1-11(22)21-10-4-7-14-16(20)9-8-15-17(14)19(24)13-6-3-2-5-12(13)18(15)23/h2-3,5-6,8-9H,4,7,10,20H2,1H3,(H,21,22). The summed E-state index contributed by atoms with van der Waals surface area (Å²) >= 11 is 0. The molecular formula is C19H18N2O3. The predicted octanol–water partition coefficient (Wildman–Crippen LogP) is 2.11. The Morgan fingerprint density at radius 3 is 2.33 bits per heavy atom. The van der Waals surface area contributed by atoms with Gasteiger partial charge in [-0.05, 0) is 30.5 Å². The van der Waals surface area contributed by atoms with Gasteiger partial charge in [0.1, 0.15) is 0 Å². The van der Waals surface area contributed by atoms with Crippen LogP contribution in [-0.4, -0.2) is 24.0 Å². The number of nitrogens with two attached hydrogens (primary N) is 1. The van der Waals surface area contributed by atoms with Crippen molar-refractivity contribution >= 4 is 23.2 Å². The van der Waals surface area contributed by atoms with Crippen LogP contribution in [0.5, 0.6) is 0 Å². The molecule has 0 saturated carbocycles.